The number of likely N-dealkylation sites (tertiary alicyclic amines) is 1. The standard InChI is InChI=1S/C43H63N9O9S2/c1-14-25-20-43(25,38(55)56)49-36(53)32-18-27(61-33-19-30(31-23-62-40(46-31)44-24(2)3)45-29-17-26(60-13)15-16-28(29)33)21-52(32)37(54)35(42(7,8)9)48-39(57)47-34(41(4,5)6)22-51(12)63(58,59)50(10)11/h14-17,19,23-25,27,32,34-35H,1,18,20-22H2,2-13H3,(H,44,46)(H,49,53)(H,55,56)(H2,47,48,57)/t25?,27-,32+,34?,35-,43-/m1/s1. The third-order valence-corrected chi connectivity index (χ3v) is 14.0. The number of pyridine rings is 1. The zero-order valence-corrected chi connectivity index (χ0v) is 39.9. The number of hydrogen-bond acceptors (Lipinski definition) is 12. The Morgan fingerprint density at radius 3 is 2.29 bits per heavy atom. The minimum Gasteiger partial charge on any atom is -0.497 e. The molecule has 1 saturated heterocycles. The molecule has 0 bridgehead atoms. The molecule has 4 amide bonds. The molecule has 5 rings (SSSR count). The average molecular weight is 914 g/mol. The number of thiazole rings is 1. The Kier molecular flexibility index (Phi) is 14.4. The van der Waals surface area contributed by atoms with E-state index in [4.69, 9.17) is 19.4 Å². The third-order valence-electron chi connectivity index (χ3n) is 11.4. The molecule has 1 aliphatic carbocycles. The Labute approximate surface area is 374 Å². The molecule has 0 spiro atoms. The summed E-state index contributed by atoms with van der Waals surface area (Å²) in [6.07, 6.45) is 0.843. The average Bonchev–Trinajstić information content (AvgIpc) is 3.46. The van der Waals surface area contributed by atoms with Crippen molar-refractivity contribution in [3.63, 3.8) is 0 Å². The molecule has 63 heavy (non-hydrogen) atoms. The van der Waals surface area contributed by atoms with Crippen LogP contribution >= 0.6 is 11.3 Å². The number of fused-ring (bicyclic) bond motifs is 1. The number of methoxy groups -OCH3 is 1. The van der Waals surface area contributed by atoms with Crippen molar-refractivity contribution in [2.75, 3.05) is 46.7 Å². The fraction of sp³-hybridized carbons (Fsp3) is 0.581. The maximum Gasteiger partial charge on any atom is 0.330 e. The molecule has 3 heterocycles. The number of likely N-dealkylation sites (N-methyl/N-ethyl adjacent to an activating group) is 1. The number of nitrogens with zero attached hydrogens (tertiary/aromatic N) is 5. The molecule has 1 aliphatic heterocycles. The maximum atomic E-state index is 14.9. The van der Waals surface area contributed by atoms with Gasteiger partial charge in [-0.25, -0.2) is 19.6 Å². The number of carbonyl (C=O) groups excluding carboxylic acids is 3. The zero-order chi connectivity index (χ0) is 47.0. The third kappa shape index (κ3) is 11.0. The Morgan fingerprint density at radius 2 is 1.73 bits per heavy atom. The van der Waals surface area contributed by atoms with Crippen molar-refractivity contribution in [1.29, 1.82) is 0 Å². The summed E-state index contributed by atoms with van der Waals surface area (Å²) in [7, 11) is 2.00. The van der Waals surface area contributed by atoms with Gasteiger partial charge in [0.25, 0.3) is 10.2 Å². The predicted octanol–water partition coefficient (Wildman–Crippen LogP) is 4.55. The summed E-state index contributed by atoms with van der Waals surface area (Å²) in [5, 5.41) is 25.2. The van der Waals surface area contributed by atoms with E-state index in [1.807, 2.05) is 46.1 Å². The van der Waals surface area contributed by atoms with Crippen LogP contribution in [-0.4, -0.2) is 138 Å². The number of aromatic nitrogens is 2. The van der Waals surface area contributed by atoms with Crippen LogP contribution in [0.2, 0.25) is 0 Å². The molecule has 18 nitrogen and oxygen atoms in total. The van der Waals surface area contributed by atoms with Crippen LogP contribution in [0.5, 0.6) is 11.5 Å². The normalized spacial score (nSPS) is 21.3. The monoisotopic (exact) mass is 913 g/mol. The largest absolute Gasteiger partial charge is 0.497 e. The lowest BCUT2D eigenvalue weighted by molar-refractivity contribution is -0.146. The topological polar surface area (TPSA) is 225 Å². The van der Waals surface area contributed by atoms with Gasteiger partial charge >= 0.3 is 12.0 Å². The van der Waals surface area contributed by atoms with Gasteiger partial charge in [0.15, 0.2) is 5.13 Å². The van der Waals surface area contributed by atoms with E-state index in [-0.39, 0.29) is 32.0 Å². The fourth-order valence-corrected chi connectivity index (χ4v) is 9.17. The number of amides is 4. The molecule has 2 aliphatic rings. The van der Waals surface area contributed by atoms with Gasteiger partial charge in [0.05, 0.1) is 24.9 Å². The van der Waals surface area contributed by atoms with Gasteiger partial charge in [0.2, 0.25) is 11.8 Å². The number of carbonyl (C=O) groups is 4. The van der Waals surface area contributed by atoms with Crippen LogP contribution in [0.15, 0.2) is 42.3 Å². The van der Waals surface area contributed by atoms with Crippen molar-refractivity contribution in [2.45, 2.75) is 104 Å². The van der Waals surface area contributed by atoms with Gasteiger partial charge in [0.1, 0.15) is 40.9 Å². The highest BCUT2D eigenvalue weighted by molar-refractivity contribution is 7.86. The van der Waals surface area contributed by atoms with Gasteiger partial charge in [-0.3, -0.25) is 9.59 Å². The highest BCUT2D eigenvalue weighted by atomic mass is 32.2. The number of carboxylic acids is 1. The molecule has 2 fully saturated rings. The molecular weight excluding hydrogens is 851 g/mol. The van der Waals surface area contributed by atoms with Crippen LogP contribution in [0.3, 0.4) is 0 Å². The number of ether oxygens (including phenoxy) is 2. The van der Waals surface area contributed by atoms with E-state index in [1.54, 1.807) is 46.1 Å². The summed E-state index contributed by atoms with van der Waals surface area (Å²) < 4.78 is 40.2. The Balaban J connectivity index is 1.49. The van der Waals surface area contributed by atoms with Crippen molar-refractivity contribution >= 4 is 61.4 Å². The highest BCUT2D eigenvalue weighted by Crippen LogP contribution is 2.45. The predicted molar refractivity (Wildman–Crippen MR) is 243 cm³/mol. The fourth-order valence-electron chi connectivity index (χ4n) is 7.42. The minimum atomic E-state index is -3.81. The Hall–Kier alpha value is -5.05. The zero-order valence-electron chi connectivity index (χ0n) is 38.2. The molecule has 6 atom stereocenters. The van der Waals surface area contributed by atoms with Crippen molar-refractivity contribution in [3.05, 3.63) is 42.3 Å². The van der Waals surface area contributed by atoms with E-state index in [0.29, 0.717) is 33.8 Å². The quantitative estimate of drug-likeness (QED) is 0.118. The molecular formula is C43H63N9O9S2. The van der Waals surface area contributed by atoms with Gasteiger partial charge in [-0.1, -0.05) is 47.6 Å². The van der Waals surface area contributed by atoms with Crippen LogP contribution in [0, 0.1) is 16.7 Å². The second-order valence-corrected chi connectivity index (χ2v) is 22.0. The molecule has 20 heteroatoms. The van der Waals surface area contributed by atoms with E-state index in [0.717, 1.165) is 13.7 Å². The summed E-state index contributed by atoms with van der Waals surface area (Å²) in [6, 6.07) is 3.47. The number of urea groups is 1. The minimum absolute atomic E-state index is 0.0116. The van der Waals surface area contributed by atoms with Gasteiger partial charge < -0.3 is 40.7 Å². The number of anilines is 1. The molecule has 346 valence electrons. The first kappa shape index (κ1) is 49.0. The molecule has 5 N–H and O–H groups in total. The van der Waals surface area contributed by atoms with Crippen molar-refractivity contribution < 1.29 is 42.2 Å². The summed E-state index contributed by atoms with van der Waals surface area (Å²) in [6.45, 7) is 18.5. The lowest BCUT2D eigenvalue weighted by Crippen LogP contribution is -2.62. The first-order chi connectivity index (χ1) is 29.2. The lowest BCUT2D eigenvalue weighted by Gasteiger charge is -2.38. The first-order valence-corrected chi connectivity index (χ1v) is 23.1. The smallest absolute Gasteiger partial charge is 0.330 e. The second-order valence-electron chi connectivity index (χ2n) is 18.9. The number of aliphatic carboxylic acids is 1. The Morgan fingerprint density at radius 1 is 1.05 bits per heavy atom. The summed E-state index contributed by atoms with van der Waals surface area (Å²) in [5.41, 5.74) is -1.41. The second kappa shape index (κ2) is 18.6. The van der Waals surface area contributed by atoms with Crippen LogP contribution in [-0.2, 0) is 24.6 Å². The number of carboxylic acid groups (broad SMARTS) is 1. The molecule has 0 radical (unpaired) electrons. The van der Waals surface area contributed by atoms with Gasteiger partial charge in [-0.2, -0.15) is 17.0 Å². The first-order valence-electron chi connectivity index (χ1n) is 20.8. The van der Waals surface area contributed by atoms with Crippen LogP contribution in [0.25, 0.3) is 22.3 Å². The Bertz CT molecular complexity index is 2320. The van der Waals surface area contributed by atoms with Gasteiger partial charge in [-0.15, -0.1) is 17.9 Å². The maximum absolute atomic E-state index is 14.9. The van der Waals surface area contributed by atoms with Crippen molar-refractivity contribution in [1.82, 2.24) is 39.4 Å². The van der Waals surface area contributed by atoms with E-state index in [2.05, 4.69) is 27.8 Å². The van der Waals surface area contributed by atoms with Crippen molar-refractivity contribution in [3.8, 4) is 22.9 Å². The van der Waals surface area contributed by atoms with E-state index in [1.165, 1.54) is 43.5 Å². The van der Waals surface area contributed by atoms with E-state index < -0.39 is 80.5 Å². The number of hydrogen-bond donors (Lipinski definition) is 5. The summed E-state index contributed by atoms with van der Waals surface area (Å²) in [4.78, 5) is 66.6. The van der Waals surface area contributed by atoms with E-state index in [9.17, 15) is 32.7 Å². The number of nitrogens with one attached hydrogen (secondary N) is 4. The van der Waals surface area contributed by atoms with E-state index >= 15 is 0 Å². The summed E-state index contributed by atoms with van der Waals surface area (Å²) in [5.74, 6) is -2.02. The van der Waals surface area contributed by atoms with Crippen molar-refractivity contribution in [2.24, 2.45) is 16.7 Å². The number of benzene rings is 1. The SMILES string of the molecule is C=CC1C[C@]1(NC(=O)[C@@H]1C[C@@H](Oc2cc(-c3csc(NC(C)C)n3)nc3cc(OC)ccc23)CN1C(=O)[C@@H](NC(=O)NC(CN(C)S(=O)(=O)N(C)C)C(C)(C)C)C(C)(C)C)C(=O)O. The molecule has 3 aromatic rings. The molecule has 2 unspecified atom stereocenters. The van der Waals surface area contributed by atoms with Crippen LogP contribution < -0.4 is 30.7 Å². The molecule has 1 saturated carbocycles. The molecule has 1 aromatic carbocycles. The van der Waals surface area contributed by atoms with Gasteiger partial charge in [-0.05, 0) is 43.2 Å². The number of rotatable bonds is 17. The summed E-state index contributed by atoms with van der Waals surface area (Å²) >= 11 is 1.44. The van der Waals surface area contributed by atoms with Crippen LogP contribution in [0.4, 0.5) is 9.93 Å². The highest BCUT2D eigenvalue weighted by Gasteiger charge is 2.61. The van der Waals surface area contributed by atoms with Gasteiger partial charge in [0, 0.05) is 75.0 Å². The van der Waals surface area contributed by atoms with Crippen LogP contribution in [0.1, 0.15) is 68.2 Å². The lowest BCUT2D eigenvalue weighted by atomic mass is 9.85. The molecule has 2 aromatic heterocycles.